The number of nitrogens with zero attached hydrogens (tertiary/aromatic N) is 1. The average Bonchev–Trinajstić information content (AvgIpc) is 3.13. The lowest BCUT2D eigenvalue weighted by Crippen LogP contribution is -2.17. The molecule has 16 heteroatoms. The van der Waals surface area contributed by atoms with Crippen LogP contribution in [0, 0.1) is 27.7 Å². The van der Waals surface area contributed by atoms with E-state index < -0.39 is 12.7 Å². The van der Waals surface area contributed by atoms with Gasteiger partial charge in [-0.2, -0.15) is 0 Å². The third-order valence-corrected chi connectivity index (χ3v) is 9.39. The second-order valence-corrected chi connectivity index (χ2v) is 13.4. The zero-order valence-electron chi connectivity index (χ0n) is 30.7. The van der Waals surface area contributed by atoms with Crippen LogP contribution < -0.4 is 29.1 Å². The molecule has 0 atom stereocenters. The molecule has 0 fully saturated rings. The van der Waals surface area contributed by atoms with E-state index in [2.05, 4.69) is 35.4 Å². The summed E-state index contributed by atoms with van der Waals surface area (Å²) in [7, 11) is 1.60. The van der Waals surface area contributed by atoms with E-state index in [-0.39, 0.29) is 27.7 Å². The first kappa shape index (κ1) is 42.5. The smallest absolute Gasteiger partial charge is 0.495 e. The van der Waals surface area contributed by atoms with E-state index in [4.69, 9.17) is 25.8 Å². The first-order valence-corrected chi connectivity index (χ1v) is 17.9. The molecular formula is C41H32BrClF6N2O6. The molecule has 0 unspecified atom stereocenters. The molecule has 57 heavy (non-hydrogen) atoms. The van der Waals surface area contributed by atoms with E-state index in [0.29, 0.717) is 45.5 Å². The lowest BCUT2D eigenvalue weighted by Gasteiger charge is -2.15. The molecule has 0 saturated heterocycles. The molecule has 0 aliphatic rings. The van der Waals surface area contributed by atoms with Gasteiger partial charge in [-0.3, -0.25) is 9.78 Å². The number of H-pyrrole nitrogens is 1. The van der Waals surface area contributed by atoms with Crippen LogP contribution in [0.1, 0.15) is 22.8 Å². The molecule has 0 amide bonds. The van der Waals surface area contributed by atoms with Gasteiger partial charge in [0.25, 0.3) is 0 Å². The number of alkyl halides is 6. The minimum atomic E-state index is -4.78. The Bertz CT molecular complexity index is 2400. The van der Waals surface area contributed by atoms with Gasteiger partial charge in [0.2, 0.25) is 5.43 Å². The summed E-state index contributed by atoms with van der Waals surface area (Å²) in [5.41, 5.74) is 5.51. The number of benzene rings is 4. The number of aromatic nitrogens is 2. The maximum atomic E-state index is 12.4. The van der Waals surface area contributed by atoms with Gasteiger partial charge in [-0.25, -0.2) is 0 Å². The van der Waals surface area contributed by atoms with Crippen molar-refractivity contribution >= 4 is 27.5 Å². The van der Waals surface area contributed by atoms with Crippen LogP contribution in [0.4, 0.5) is 26.3 Å². The lowest BCUT2D eigenvalue weighted by atomic mass is 10.0. The molecule has 1 N–H and O–H groups in total. The zero-order chi connectivity index (χ0) is 41.7. The molecule has 0 aliphatic carbocycles. The van der Waals surface area contributed by atoms with E-state index in [1.165, 1.54) is 42.5 Å². The fourth-order valence-corrected chi connectivity index (χ4v) is 6.21. The van der Waals surface area contributed by atoms with Gasteiger partial charge in [0.15, 0.2) is 0 Å². The molecule has 298 valence electrons. The molecule has 0 spiro atoms. The zero-order valence-corrected chi connectivity index (χ0v) is 33.0. The Morgan fingerprint density at radius 2 is 1.07 bits per heavy atom. The van der Waals surface area contributed by atoms with Gasteiger partial charge in [-0.15, -0.1) is 26.3 Å². The number of pyridine rings is 2. The first-order valence-electron chi connectivity index (χ1n) is 16.7. The molecule has 2 heterocycles. The molecule has 8 nitrogen and oxygen atoms in total. The van der Waals surface area contributed by atoms with Crippen LogP contribution >= 0.6 is 27.5 Å². The SMILES string of the molecule is COc1c(Br)c(C)nc(C)c1-c1ccc(Oc2ccc(OC(F)(F)F)cc2)cc1.Cc1[nH]c(C)c(-c2ccc(Oc3cccc(OC(F)(F)F)c3)cc2)c(=O)c1Cl. The van der Waals surface area contributed by atoms with Crippen molar-refractivity contribution in [3.63, 3.8) is 0 Å². The van der Waals surface area contributed by atoms with E-state index >= 15 is 0 Å². The van der Waals surface area contributed by atoms with E-state index in [1.807, 2.05) is 26.0 Å². The number of aryl methyl sites for hydroxylation is 4. The number of hydrogen-bond acceptors (Lipinski definition) is 7. The summed E-state index contributed by atoms with van der Waals surface area (Å²) in [6.45, 7) is 7.29. The summed E-state index contributed by atoms with van der Waals surface area (Å²) in [6, 6.07) is 24.2. The van der Waals surface area contributed by atoms with Crippen molar-refractivity contribution in [2.45, 2.75) is 40.4 Å². The minimum absolute atomic E-state index is 0.127. The molecule has 0 saturated carbocycles. The predicted octanol–water partition coefficient (Wildman–Crippen LogP) is 12.8. The maximum absolute atomic E-state index is 12.4. The van der Waals surface area contributed by atoms with Crippen molar-refractivity contribution in [2.24, 2.45) is 0 Å². The fraction of sp³-hybridized carbons (Fsp3) is 0.171. The summed E-state index contributed by atoms with van der Waals surface area (Å²) in [5.74, 6) is 1.51. The van der Waals surface area contributed by atoms with Crippen LogP contribution in [-0.4, -0.2) is 29.8 Å². The fourth-order valence-electron chi connectivity index (χ4n) is 5.62. The van der Waals surface area contributed by atoms with Crippen LogP contribution in [0.5, 0.6) is 40.2 Å². The minimum Gasteiger partial charge on any atom is -0.495 e. The molecule has 0 radical (unpaired) electrons. The largest absolute Gasteiger partial charge is 0.573 e. The second-order valence-electron chi connectivity index (χ2n) is 12.2. The highest BCUT2D eigenvalue weighted by Gasteiger charge is 2.32. The predicted molar refractivity (Wildman–Crippen MR) is 207 cm³/mol. The second kappa shape index (κ2) is 17.6. The van der Waals surface area contributed by atoms with E-state index in [9.17, 15) is 31.1 Å². The van der Waals surface area contributed by atoms with Crippen LogP contribution in [-0.2, 0) is 0 Å². The molecule has 0 aliphatic heterocycles. The Morgan fingerprint density at radius 3 is 1.60 bits per heavy atom. The van der Waals surface area contributed by atoms with Crippen molar-refractivity contribution in [2.75, 3.05) is 7.11 Å². The Hall–Kier alpha value is -5.67. The monoisotopic (exact) mass is 876 g/mol. The summed E-state index contributed by atoms with van der Waals surface area (Å²) < 4.78 is 99.0. The molecular weight excluding hydrogens is 846 g/mol. The van der Waals surface area contributed by atoms with Crippen LogP contribution in [0.2, 0.25) is 5.02 Å². The standard InChI is InChI=1S/C21H17BrF3NO3.C20H15ClF3NO3/c1-12-18(20(27-3)19(22)13(2)26-12)14-4-6-15(7-5-14)28-16-8-10-17(11-9-16)29-21(23,24)25;1-11-17(19(26)18(21)12(2)25-11)13-6-8-14(9-7-13)27-15-4-3-5-16(10-15)28-20(22,23)24/h4-11H,1-3H3;3-10H,1-2H3,(H,25,26). The highest BCUT2D eigenvalue weighted by atomic mass is 79.9. The number of hydrogen-bond donors (Lipinski definition) is 1. The van der Waals surface area contributed by atoms with Crippen molar-refractivity contribution in [3.8, 4) is 62.5 Å². The van der Waals surface area contributed by atoms with E-state index in [0.717, 1.165) is 33.1 Å². The summed E-state index contributed by atoms with van der Waals surface area (Å²) >= 11 is 9.56. The van der Waals surface area contributed by atoms with E-state index in [1.54, 1.807) is 57.4 Å². The van der Waals surface area contributed by atoms with Gasteiger partial charge in [-0.1, -0.05) is 41.9 Å². The third kappa shape index (κ3) is 11.2. The van der Waals surface area contributed by atoms with Crippen LogP contribution in [0.15, 0.2) is 106 Å². The topological polar surface area (TPSA) is 91.9 Å². The number of methoxy groups -OCH3 is 1. The molecule has 6 rings (SSSR count). The third-order valence-electron chi connectivity index (χ3n) is 8.00. The number of ether oxygens (including phenoxy) is 5. The van der Waals surface area contributed by atoms with Gasteiger partial charge in [0, 0.05) is 34.3 Å². The van der Waals surface area contributed by atoms with Gasteiger partial charge < -0.3 is 28.7 Å². The summed E-state index contributed by atoms with van der Waals surface area (Å²) in [4.78, 5) is 20.0. The Kier molecular flexibility index (Phi) is 13.1. The summed E-state index contributed by atoms with van der Waals surface area (Å²) in [6.07, 6.45) is -9.50. The number of nitrogens with one attached hydrogen (secondary N) is 1. The number of rotatable bonds is 9. The van der Waals surface area contributed by atoms with Crippen LogP contribution in [0.25, 0.3) is 22.3 Å². The first-order chi connectivity index (χ1) is 26.8. The van der Waals surface area contributed by atoms with Crippen molar-refractivity contribution in [1.29, 1.82) is 0 Å². The van der Waals surface area contributed by atoms with Crippen LogP contribution in [0.3, 0.4) is 0 Å². The normalized spacial score (nSPS) is 11.3. The summed E-state index contributed by atoms with van der Waals surface area (Å²) in [5, 5.41) is 0.127. The van der Waals surface area contributed by atoms with Crippen molar-refractivity contribution in [3.05, 3.63) is 140 Å². The van der Waals surface area contributed by atoms with Gasteiger partial charge in [-0.05, 0) is 115 Å². The lowest BCUT2D eigenvalue weighted by molar-refractivity contribution is -0.275. The quantitative estimate of drug-likeness (QED) is 0.145. The van der Waals surface area contributed by atoms with Crippen molar-refractivity contribution < 1.29 is 50.0 Å². The number of halogens is 8. The Balaban J connectivity index is 0.000000218. The highest BCUT2D eigenvalue weighted by Crippen LogP contribution is 2.40. The molecule has 4 aromatic carbocycles. The van der Waals surface area contributed by atoms with Gasteiger partial charge >= 0.3 is 12.7 Å². The highest BCUT2D eigenvalue weighted by molar-refractivity contribution is 9.10. The average molecular weight is 878 g/mol. The Labute approximate surface area is 336 Å². The number of aromatic amines is 1. The molecule has 2 aromatic heterocycles. The molecule has 6 aromatic rings. The van der Waals surface area contributed by atoms with Crippen molar-refractivity contribution in [1.82, 2.24) is 9.97 Å². The maximum Gasteiger partial charge on any atom is 0.573 e. The Morgan fingerprint density at radius 1 is 0.614 bits per heavy atom. The molecule has 0 bridgehead atoms. The van der Waals surface area contributed by atoms with Gasteiger partial charge in [0.1, 0.15) is 45.3 Å². The van der Waals surface area contributed by atoms with Gasteiger partial charge in [0.05, 0.1) is 17.3 Å².